The molecule has 0 unspecified atom stereocenters. The van der Waals surface area contributed by atoms with Crippen molar-refractivity contribution in [2.24, 2.45) is 0 Å². The minimum Gasteiger partial charge on any atom is -0.507 e. The maximum absolute atomic E-state index is 12.8. The summed E-state index contributed by atoms with van der Waals surface area (Å²) in [6.07, 6.45) is 0. The molecule has 24 heavy (non-hydrogen) atoms. The van der Waals surface area contributed by atoms with Gasteiger partial charge in [0.25, 0.3) is 0 Å². The van der Waals surface area contributed by atoms with Gasteiger partial charge >= 0.3 is 5.97 Å². The Bertz CT molecular complexity index is 881. The standard InChI is InChI=1S/C18H14O6/c1-9(19)24-8-10-6-12-15(13(20)7-10)17(21)11-4-3-5-14(23-2)16(11)18(12)22/h3-7,20H,8H2,1-2H3. The van der Waals surface area contributed by atoms with Gasteiger partial charge in [0, 0.05) is 18.1 Å². The van der Waals surface area contributed by atoms with Crippen LogP contribution in [0.4, 0.5) is 0 Å². The molecule has 6 heteroatoms. The number of carbonyl (C=O) groups excluding carboxylic acids is 3. The van der Waals surface area contributed by atoms with E-state index in [1.165, 1.54) is 32.2 Å². The van der Waals surface area contributed by atoms with Gasteiger partial charge in [-0.2, -0.15) is 0 Å². The SMILES string of the molecule is COc1cccc2c1C(=O)c1cc(COC(C)=O)cc(O)c1C2=O. The predicted octanol–water partition coefficient (Wildman–Crippen LogP) is 2.24. The second kappa shape index (κ2) is 5.81. The van der Waals surface area contributed by atoms with Crippen LogP contribution in [0.3, 0.4) is 0 Å². The molecule has 0 aromatic heterocycles. The van der Waals surface area contributed by atoms with Crippen LogP contribution in [0, 0.1) is 0 Å². The molecule has 0 atom stereocenters. The van der Waals surface area contributed by atoms with Gasteiger partial charge < -0.3 is 14.6 Å². The molecule has 0 saturated heterocycles. The highest BCUT2D eigenvalue weighted by Gasteiger charge is 2.34. The summed E-state index contributed by atoms with van der Waals surface area (Å²) in [6.45, 7) is 1.16. The highest BCUT2D eigenvalue weighted by molar-refractivity contribution is 6.30. The zero-order valence-corrected chi connectivity index (χ0v) is 13.1. The molecular formula is C18H14O6. The Morgan fingerprint density at radius 2 is 1.79 bits per heavy atom. The third-order valence-corrected chi connectivity index (χ3v) is 3.81. The van der Waals surface area contributed by atoms with Gasteiger partial charge in [-0.25, -0.2) is 0 Å². The lowest BCUT2D eigenvalue weighted by molar-refractivity contribution is -0.142. The number of phenolic OH excluding ortho intramolecular Hbond substituents is 1. The van der Waals surface area contributed by atoms with E-state index < -0.39 is 17.5 Å². The molecule has 0 amide bonds. The fourth-order valence-corrected chi connectivity index (χ4v) is 2.76. The Labute approximate surface area is 137 Å². The van der Waals surface area contributed by atoms with Crippen LogP contribution in [0.15, 0.2) is 30.3 Å². The Hall–Kier alpha value is -3.15. The molecule has 3 rings (SSSR count). The summed E-state index contributed by atoms with van der Waals surface area (Å²) in [6, 6.07) is 7.50. The minimum atomic E-state index is -0.485. The first-order valence-corrected chi connectivity index (χ1v) is 7.19. The highest BCUT2D eigenvalue weighted by atomic mass is 16.5. The van der Waals surface area contributed by atoms with Gasteiger partial charge in [-0.15, -0.1) is 0 Å². The van der Waals surface area contributed by atoms with Crippen LogP contribution in [0.2, 0.25) is 0 Å². The molecule has 0 spiro atoms. The molecule has 0 bridgehead atoms. The van der Waals surface area contributed by atoms with E-state index >= 15 is 0 Å². The number of rotatable bonds is 3. The Morgan fingerprint density at radius 1 is 1.08 bits per heavy atom. The fourth-order valence-electron chi connectivity index (χ4n) is 2.76. The zero-order chi connectivity index (χ0) is 17.4. The number of esters is 1. The summed E-state index contributed by atoms with van der Waals surface area (Å²) in [5, 5.41) is 10.2. The average Bonchev–Trinajstić information content (AvgIpc) is 2.56. The summed E-state index contributed by atoms with van der Waals surface area (Å²) in [5.74, 6) is -1.38. The van der Waals surface area contributed by atoms with E-state index in [-0.39, 0.29) is 34.6 Å². The second-order valence-corrected chi connectivity index (χ2v) is 5.36. The first-order chi connectivity index (χ1) is 11.4. The van der Waals surface area contributed by atoms with E-state index in [0.717, 1.165) is 0 Å². The van der Waals surface area contributed by atoms with Gasteiger partial charge in [0.1, 0.15) is 18.1 Å². The summed E-state index contributed by atoms with van der Waals surface area (Å²) < 4.78 is 10.1. The molecule has 2 aromatic carbocycles. The van der Waals surface area contributed by atoms with E-state index in [9.17, 15) is 19.5 Å². The Kier molecular flexibility index (Phi) is 3.81. The molecule has 1 aliphatic rings. The molecule has 0 heterocycles. The zero-order valence-electron chi connectivity index (χ0n) is 13.1. The van der Waals surface area contributed by atoms with Crippen LogP contribution < -0.4 is 4.74 Å². The number of phenols is 1. The van der Waals surface area contributed by atoms with Crippen LogP contribution in [0.25, 0.3) is 0 Å². The van der Waals surface area contributed by atoms with Crippen LogP contribution in [-0.4, -0.2) is 29.8 Å². The summed E-state index contributed by atoms with van der Waals surface area (Å²) in [5.41, 5.74) is 0.795. The number of hydrogen-bond acceptors (Lipinski definition) is 6. The van der Waals surface area contributed by atoms with E-state index in [0.29, 0.717) is 11.3 Å². The normalized spacial score (nSPS) is 12.4. The van der Waals surface area contributed by atoms with Crippen LogP contribution >= 0.6 is 0 Å². The molecule has 0 aliphatic heterocycles. The molecule has 0 radical (unpaired) electrons. The van der Waals surface area contributed by atoms with Crippen molar-refractivity contribution in [1.29, 1.82) is 0 Å². The number of benzene rings is 2. The van der Waals surface area contributed by atoms with Gasteiger partial charge in [0.05, 0.1) is 18.2 Å². The smallest absolute Gasteiger partial charge is 0.302 e. The van der Waals surface area contributed by atoms with E-state index in [4.69, 9.17) is 9.47 Å². The van der Waals surface area contributed by atoms with Crippen molar-refractivity contribution in [3.63, 3.8) is 0 Å². The van der Waals surface area contributed by atoms with Crippen molar-refractivity contribution in [3.05, 3.63) is 58.1 Å². The van der Waals surface area contributed by atoms with E-state index in [1.807, 2.05) is 0 Å². The van der Waals surface area contributed by atoms with Gasteiger partial charge in [-0.1, -0.05) is 12.1 Å². The average molecular weight is 326 g/mol. The topological polar surface area (TPSA) is 89.9 Å². The monoisotopic (exact) mass is 326 g/mol. The summed E-state index contributed by atoms with van der Waals surface area (Å²) in [4.78, 5) is 36.4. The number of hydrogen-bond donors (Lipinski definition) is 1. The minimum absolute atomic E-state index is 0.0488. The maximum atomic E-state index is 12.8. The molecule has 2 aromatic rings. The molecule has 1 aliphatic carbocycles. The van der Waals surface area contributed by atoms with Crippen molar-refractivity contribution >= 4 is 17.5 Å². The van der Waals surface area contributed by atoms with Crippen molar-refractivity contribution in [3.8, 4) is 11.5 Å². The predicted molar refractivity (Wildman–Crippen MR) is 83.4 cm³/mol. The number of fused-ring (bicyclic) bond motifs is 2. The van der Waals surface area contributed by atoms with Crippen LogP contribution in [-0.2, 0) is 16.1 Å². The molecule has 0 fully saturated rings. The molecule has 122 valence electrons. The molecule has 6 nitrogen and oxygen atoms in total. The van der Waals surface area contributed by atoms with Gasteiger partial charge in [0.15, 0.2) is 11.6 Å². The molecular weight excluding hydrogens is 312 g/mol. The third kappa shape index (κ3) is 2.42. The first kappa shape index (κ1) is 15.7. The number of methoxy groups -OCH3 is 1. The lowest BCUT2D eigenvalue weighted by Gasteiger charge is -2.21. The van der Waals surface area contributed by atoms with E-state index in [2.05, 4.69) is 0 Å². The Balaban J connectivity index is 2.16. The maximum Gasteiger partial charge on any atom is 0.302 e. The third-order valence-electron chi connectivity index (χ3n) is 3.81. The largest absolute Gasteiger partial charge is 0.507 e. The van der Waals surface area contributed by atoms with Gasteiger partial charge in [0.2, 0.25) is 0 Å². The second-order valence-electron chi connectivity index (χ2n) is 5.36. The summed E-state index contributed by atoms with van der Waals surface area (Å²) in [7, 11) is 1.41. The van der Waals surface area contributed by atoms with Crippen LogP contribution in [0.5, 0.6) is 11.5 Å². The lowest BCUT2D eigenvalue weighted by Crippen LogP contribution is -2.22. The lowest BCUT2D eigenvalue weighted by atomic mass is 9.82. The molecule has 1 N–H and O–H groups in total. The van der Waals surface area contributed by atoms with Crippen molar-refractivity contribution in [2.75, 3.05) is 7.11 Å². The number of ether oxygens (including phenoxy) is 2. The van der Waals surface area contributed by atoms with Crippen LogP contribution in [0.1, 0.15) is 44.3 Å². The van der Waals surface area contributed by atoms with Crippen molar-refractivity contribution < 1.29 is 29.0 Å². The van der Waals surface area contributed by atoms with Crippen molar-refractivity contribution in [1.82, 2.24) is 0 Å². The molecule has 0 saturated carbocycles. The Morgan fingerprint density at radius 3 is 2.46 bits per heavy atom. The number of aromatic hydroxyl groups is 1. The first-order valence-electron chi connectivity index (χ1n) is 7.19. The van der Waals surface area contributed by atoms with Gasteiger partial charge in [-0.3, -0.25) is 14.4 Å². The van der Waals surface area contributed by atoms with Crippen molar-refractivity contribution in [2.45, 2.75) is 13.5 Å². The van der Waals surface area contributed by atoms with Gasteiger partial charge in [-0.05, 0) is 23.8 Å². The highest BCUT2D eigenvalue weighted by Crippen LogP contribution is 2.37. The summed E-state index contributed by atoms with van der Waals surface area (Å²) >= 11 is 0. The number of carbonyl (C=O) groups is 3. The fraction of sp³-hybridized carbons (Fsp3) is 0.167. The van der Waals surface area contributed by atoms with E-state index in [1.54, 1.807) is 12.1 Å². The number of ketones is 2. The quantitative estimate of drug-likeness (QED) is 0.742.